The summed E-state index contributed by atoms with van der Waals surface area (Å²) in [6.45, 7) is -0.260. The van der Waals surface area contributed by atoms with Gasteiger partial charge in [0, 0.05) is 0 Å². The lowest BCUT2D eigenvalue weighted by Crippen LogP contribution is -2.25. The summed E-state index contributed by atoms with van der Waals surface area (Å²) < 4.78 is 39.7. The maximum Gasteiger partial charge on any atom is 0.144 e. The van der Waals surface area contributed by atoms with Crippen molar-refractivity contribution in [2.24, 2.45) is 23.7 Å². The zero-order valence-electron chi connectivity index (χ0n) is 17.2. The molecular weight excluding hydrogens is 371 g/mol. The summed E-state index contributed by atoms with van der Waals surface area (Å²) in [6, 6.07) is 4.21. The summed E-state index contributed by atoms with van der Waals surface area (Å²) in [5.41, 5.74) is 0.169. The highest BCUT2D eigenvalue weighted by Gasteiger charge is 2.30. The van der Waals surface area contributed by atoms with Crippen LogP contribution >= 0.6 is 0 Å². The zero-order valence-corrected chi connectivity index (χ0v) is 17.2. The fraction of sp³-hybridized carbons (Fsp3) is 0.640. The van der Waals surface area contributed by atoms with Crippen molar-refractivity contribution in [3.63, 3.8) is 0 Å². The van der Waals surface area contributed by atoms with Crippen LogP contribution in [-0.2, 0) is 6.42 Å². The van der Waals surface area contributed by atoms with Gasteiger partial charge in [-0.25, -0.2) is 8.78 Å². The molecule has 0 heterocycles. The molecule has 0 bridgehead atoms. The van der Waals surface area contributed by atoms with Gasteiger partial charge in [-0.3, -0.25) is 4.39 Å². The van der Waals surface area contributed by atoms with E-state index in [0.717, 1.165) is 18.3 Å². The van der Waals surface area contributed by atoms with Crippen molar-refractivity contribution in [1.82, 2.24) is 0 Å². The van der Waals surface area contributed by atoms with Gasteiger partial charge in [0.05, 0.1) is 6.67 Å². The number of hydrogen-bond donors (Lipinski definition) is 0. The van der Waals surface area contributed by atoms with Crippen molar-refractivity contribution in [3.05, 3.63) is 47.0 Å². The van der Waals surface area contributed by atoms with Crippen LogP contribution in [0.15, 0.2) is 24.3 Å². The van der Waals surface area contributed by atoms with Crippen LogP contribution in [0.2, 0.25) is 0 Å². The van der Waals surface area contributed by atoms with E-state index in [1.807, 2.05) is 6.08 Å². The molecule has 2 fully saturated rings. The van der Waals surface area contributed by atoms with Gasteiger partial charge in [-0.2, -0.15) is 5.26 Å². The van der Waals surface area contributed by atoms with Gasteiger partial charge < -0.3 is 0 Å². The quantitative estimate of drug-likeness (QED) is 0.438. The van der Waals surface area contributed by atoms with Crippen molar-refractivity contribution in [1.29, 1.82) is 5.26 Å². The molecule has 4 heteroatoms. The molecule has 0 aliphatic heterocycles. The maximum atomic E-state index is 13.8. The minimum atomic E-state index is -0.749. The van der Waals surface area contributed by atoms with Gasteiger partial charge in [0.15, 0.2) is 0 Å². The van der Waals surface area contributed by atoms with Gasteiger partial charge in [-0.1, -0.05) is 25.0 Å². The van der Waals surface area contributed by atoms with E-state index in [1.165, 1.54) is 63.5 Å². The third-order valence-electron chi connectivity index (χ3n) is 7.11. The van der Waals surface area contributed by atoms with Crippen LogP contribution in [-0.4, -0.2) is 6.67 Å². The lowest BCUT2D eigenvalue weighted by atomic mass is 9.68. The number of benzene rings is 1. The Labute approximate surface area is 173 Å². The third-order valence-corrected chi connectivity index (χ3v) is 7.11. The Bertz CT molecular complexity index is 697. The molecule has 0 radical (unpaired) electrons. The normalized spacial score (nSPS) is 27.8. The predicted octanol–water partition coefficient (Wildman–Crippen LogP) is 7.30. The van der Waals surface area contributed by atoms with E-state index in [2.05, 4.69) is 6.08 Å². The number of alkyl halides is 1. The fourth-order valence-corrected chi connectivity index (χ4v) is 5.36. The summed E-state index contributed by atoms with van der Waals surface area (Å²) in [6.07, 6.45) is 16.4. The largest absolute Gasteiger partial charge is 0.251 e. The Hall–Kier alpha value is -1.76. The van der Waals surface area contributed by atoms with Crippen LogP contribution in [0, 0.1) is 46.6 Å². The van der Waals surface area contributed by atoms with E-state index in [0.29, 0.717) is 30.2 Å². The minimum Gasteiger partial charge on any atom is -0.251 e. The van der Waals surface area contributed by atoms with E-state index in [1.54, 1.807) is 6.07 Å². The summed E-state index contributed by atoms with van der Waals surface area (Å²) in [7, 11) is 0. The molecule has 29 heavy (non-hydrogen) atoms. The monoisotopic (exact) mass is 403 g/mol. The Morgan fingerprint density at radius 2 is 1.52 bits per heavy atom. The first kappa shape index (κ1) is 21.9. The third kappa shape index (κ3) is 6.11. The summed E-state index contributed by atoms with van der Waals surface area (Å²) in [5, 5.41) is 8.77. The van der Waals surface area contributed by atoms with Crippen molar-refractivity contribution >= 4 is 0 Å². The second-order valence-corrected chi connectivity index (χ2v) is 8.95. The number of nitriles is 1. The van der Waals surface area contributed by atoms with Crippen molar-refractivity contribution in [2.75, 3.05) is 6.67 Å². The molecule has 1 nitrogen and oxygen atoms in total. The molecule has 3 rings (SSSR count). The number of rotatable bonds is 7. The number of hydrogen-bond acceptors (Lipinski definition) is 1. The van der Waals surface area contributed by atoms with Crippen LogP contribution in [0.4, 0.5) is 13.2 Å². The standard InChI is InChI=1S/C25H32F3N/c26-14-2-1-3-18-6-10-21(11-7-18)22-12-8-19(9-13-22)4-5-20-15-24(27)23(17-29)25(28)16-20/h1,3,15-16,18-19,21-22H,2,4-14H2/b3-1+. The first-order chi connectivity index (χ1) is 14.1. The van der Waals surface area contributed by atoms with Crippen LogP contribution < -0.4 is 0 Å². The van der Waals surface area contributed by atoms with Crippen LogP contribution in [0.5, 0.6) is 0 Å². The fourth-order valence-electron chi connectivity index (χ4n) is 5.36. The van der Waals surface area contributed by atoms with Gasteiger partial charge in [-0.05, 0) is 99.2 Å². The molecule has 0 unspecified atom stereocenters. The SMILES string of the molecule is N#Cc1c(F)cc(CCC2CCC(C3CCC(/C=C/CCF)CC3)CC2)cc1F. The molecule has 0 saturated heterocycles. The summed E-state index contributed by atoms with van der Waals surface area (Å²) in [5.74, 6) is 1.44. The Morgan fingerprint density at radius 3 is 2.07 bits per heavy atom. The average Bonchev–Trinajstić information content (AvgIpc) is 2.73. The molecule has 0 N–H and O–H groups in total. The molecule has 0 spiro atoms. The highest BCUT2D eigenvalue weighted by atomic mass is 19.1. The topological polar surface area (TPSA) is 23.8 Å². The molecule has 0 amide bonds. The van der Waals surface area contributed by atoms with Crippen molar-refractivity contribution in [3.8, 4) is 6.07 Å². The van der Waals surface area contributed by atoms with Crippen LogP contribution in [0.25, 0.3) is 0 Å². The van der Waals surface area contributed by atoms with Gasteiger partial charge in [-0.15, -0.1) is 0 Å². The second-order valence-electron chi connectivity index (χ2n) is 8.95. The Balaban J connectivity index is 1.40. The number of allylic oxidation sites excluding steroid dienone is 2. The molecule has 0 aromatic heterocycles. The van der Waals surface area contributed by atoms with Gasteiger partial charge >= 0.3 is 0 Å². The molecule has 158 valence electrons. The van der Waals surface area contributed by atoms with Crippen LogP contribution in [0.3, 0.4) is 0 Å². The second kappa shape index (κ2) is 10.9. The lowest BCUT2D eigenvalue weighted by molar-refractivity contribution is 0.152. The minimum absolute atomic E-state index is 0.260. The van der Waals surface area contributed by atoms with Gasteiger partial charge in [0.1, 0.15) is 23.3 Å². The molecule has 2 aliphatic carbocycles. The predicted molar refractivity (Wildman–Crippen MR) is 110 cm³/mol. The summed E-state index contributed by atoms with van der Waals surface area (Å²) >= 11 is 0. The molecule has 2 saturated carbocycles. The maximum absolute atomic E-state index is 13.8. The smallest absolute Gasteiger partial charge is 0.144 e. The van der Waals surface area contributed by atoms with E-state index in [-0.39, 0.29) is 6.67 Å². The molecule has 0 atom stereocenters. The first-order valence-electron chi connectivity index (χ1n) is 11.2. The van der Waals surface area contributed by atoms with Gasteiger partial charge in [0.25, 0.3) is 0 Å². The van der Waals surface area contributed by atoms with Crippen LogP contribution in [0.1, 0.15) is 75.3 Å². The highest BCUT2D eigenvalue weighted by Crippen LogP contribution is 2.42. The Morgan fingerprint density at radius 1 is 0.931 bits per heavy atom. The molecule has 1 aromatic carbocycles. The van der Waals surface area contributed by atoms with Gasteiger partial charge in [0.2, 0.25) is 0 Å². The molecular formula is C25H32F3N. The number of halogens is 3. The van der Waals surface area contributed by atoms with E-state index < -0.39 is 17.2 Å². The highest BCUT2D eigenvalue weighted by molar-refractivity contribution is 5.35. The molecule has 1 aromatic rings. The first-order valence-corrected chi connectivity index (χ1v) is 11.2. The molecule has 2 aliphatic rings. The lowest BCUT2D eigenvalue weighted by Gasteiger charge is -2.37. The summed E-state index contributed by atoms with van der Waals surface area (Å²) in [4.78, 5) is 0. The number of aryl methyl sites for hydroxylation is 1. The average molecular weight is 404 g/mol. The van der Waals surface area contributed by atoms with Crippen molar-refractivity contribution < 1.29 is 13.2 Å². The van der Waals surface area contributed by atoms with E-state index in [9.17, 15) is 13.2 Å². The number of nitrogens with zero attached hydrogens (tertiary/aromatic N) is 1. The van der Waals surface area contributed by atoms with Crippen molar-refractivity contribution in [2.45, 2.75) is 70.6 Å². The van der Waals surface area contributed by atoms with E-state index in [4.69, 9.17) is 5.26 Å². The zero-order chi connectivity index (χ0) is 20.6. The Kier molecular flexibility index (Phi) is 8.21. The van der Waals surface area contributed by atoms with E-state index >= 15 is 0 Å².